The number of imide groups is 1. The molecule has 3 rings (SSSR count). The number of nitrogens with zero attached hydrogens (tertiary/aromatic N) is 1. The summed E-state index contributed by atoms with van der Waals surface area (Å²) in [5.74, 6) is -0.441. The number of carbonyl (C=O) groups excluding carboxylic acids is 3. The van der Waals surface area contributed by atoms with E-state index in [9.17, 15) is 14.4 Å². The number of hydrogen-bond acceptors (Lipinski definition) is 4. The molecule has 1 aliphatic carbocycles. The van der Waals surface area contributed by atoms with E-state index in [4.69, 9.17) is 0 Å². The maximum atomic E-state index is 13.2. The minimum absolute atomic E-state index is 0.0641. The highest BCUT2D eigenvalue weighted by Gasteiger charge is 2.58. The molecule has 1 saturated heterocycles. The Labute approximate surface area is 171 Å². The van der Waals surface area contributed by atoms with Crippen molar-refractivity contribution in [1.29, 1.82) is 0 Å². The van der Waals surface area contributed by atoms with Gasteiger partial charge in [-0.3, -0.25) is 14.5 Å². The average molecular weight is 406 g/mol. The smallest absolute Gasteiger partial charge is 0.325 e. The van der Waals surface area contributed by atoms with Gasteiger partial charge in [0.2, 0.25) is 5.91 Å². The summed E-state index contributed by atoms with van der Waals surface area (Å²) in [5, 5.41) is 7.96. The first-order chi connectivity index (χ1) is 13.1. The summed E-state index contributed by atoms with van der Waals surface area (Å²) in [5.41, 5.74) is -1.06. The van der Waals surface area contributed by atoms with Crippen LogP contribution in [0.25, 0.3) is 0 Å². The molecule has 7 heteroatoms. The normalized spacial score (nSPS) is 29.1. The van der Waals surface area contributed by atoms with Gasteiger partial charge in [0.05, 0.1) is 6.04 Å². The zero-order valence-corrected chi connectivity index (χ0v) is 18.2. The number of amides is 4. The van der Waals surface area contributed by atoms with E-state index in [1.165, 1.54) is 0 Å². The topological polar surface area (TPSA) is 78.5 Å². The molecule has 1 saturated carbocycles. The van der Waals surface area contributed by atoms with Crippen molar-refractivity contribution >= 4 is 29.2 Å². The molecular weight excluding hydrogens is 374 g/mol. The molecule has 2 heterocycles. The predicted molar refractivity (Wildman–Crippen MR) is 110 cm³/mol. The Balaban J connectivity index is 1.75. The fraction of sp³-hybridized carbons (Fsp3) is 0.667. The quantitative estimate of drug-likeness (QED) is 0.750. The van der Waals surface area contributed by atoms with Crippen molar-refractivity contribution in [3.05, 3.63) is 22.4 Å². The Morgan fingerprint density at radius 2 is 1.96 bits per heavy atom. The average Bonchev–Trinajstić information content (AvgIpc) is 3.20. The summed E-state index contributed by atoms with van der Waals surface area (Å²) < 4.78 is 0. The second-order valence-corrected chi connectivity index (χ2v) is 10.3. The highest BCUT2D eigenvalue weighted by atomic mass is 32.1. The highest BCUT2D eigenvalue weighted by molar-refractivity contribution is 7.10. The molecule has 0 aromatic carbocycles. The van der Waals surface area contributed by atoms with E-state index in [-0.39, 0.29) is 41.7 Å². The summed E-state index contributed by atoms with van der Waals surface area (Å²) in [6.45, 7) is 9.97. The molecule has 28 heavy (non-hydrogen) atoms. The van der Waals surface area contributed by atoms with Crippen LogP contribution in [0.3, 0.4) is 0 Å². The lowest BCUT2D eigenvalue weighted by atomic mass is 9.67. The lowest BCUT2D eigenvalue weighted by Gasteiger charge is -2.42. The van der Waals surface area contributed by atoms with Crippen molar-refractivity contribution < 1.29 is 14.4 Å². The summed E-state index contributed by atoms with van der Waals surface area (Å²) in [6, 6.07) is 3.32. The van der Waals surface area contributed by atoms with Gasteiger partial charge in [0.25, 0.3) is 5.91 Å². The van der Waals surface area contributed by atoms with E-state index in [1.54, 1.807) is 11.3 Å². The summed E-state index contributed by atoms with van der Waals surface area (Å²) in [6.07, 6.45) is 2.86. The molecule has 4 amide bonds. The summed E-state index contributed by atoms with van der Waals surface area (Å²) in [4.78, 5) is 40.8. The lowest BCUT2D eigenvalue weighted by Crippen LogP contribution is -2.59. The van der Waals surface area contributed by atoms with Crippen LogP contribution in [-0.2, 0) is 9.59 Å². The van der Waals surface area contributed by atoms with Gasteiger partial charge < -0.3 is 10.6 Å². The van der Waals surface area contributed by atoms with Gasteiger partial charge in [-0.05, 0) is 41.5 Å². The van der Waals surface area contributed by atoms with Crippen LogP contribution in [0, 0.1) is 17.3 Å². The van der Waals surface area contributed by atoms with Crippen LogP contribution in [-0.4, -0.2) is 34.8 Å². The molecule has 1 aliphatic heterocycles. The molecule has 1 aromatic rings. The molecule has 1 aromatic heterocycles. The summed E-state index contributed by atoms with van der Waals surface area (Å²) in [7, 11) is 0. The van der Waals surface area contributed by atoms with Crippen molar-refractivity contribution in [3.63, 3.8) is 0 Å². The van der Waals surface area contributed by atoms with Crippen LogP contribution in [0.5, 0.6) is 0 Å². The Morgan fingerprint density at radius 3 is 2.50 bits per heavy atom. The van der Waals surface area contributed by atoms with Crippen LogP contribution >= 0.6 is 11.3 Å². The zero-order chi connectivity index (χ0) is 20.7. The first kappa shape index (κ1) is 20.8. The van der Waals surface area contributed by atoms with E-state index >= 15 is 0 Å². The number of thiophene rings is 1. The minimum atomic E-state index is -0.868. The van der Waals surface area contributed by atoms with Gasteiger partial charge >= 0.3 is 6.03 Å². The number of hydrogen-bond donors (Lipinski definition) is 2. The van der Waals surface area contributed by atoms with Crippen molar-refractivity contribution in [1.82, 2.24) is 15.5 Å². The van der Waals surface area contributed by atoms with Gasteiger partial charge in [-0.1, -0.05) is 47.1 Å². The lowest BCUT2D eigenvalue weighted by molar-refractivity contribution is -0.139. The SMILES string of the molecule is CC1CCCC(C)C12NC(=O)N(CC(=O)NC(c1cccs1)C(C)(C)C)C2=O. The second kappa shape index (κ2) is 7.50. The minimum Gasteiger partial charge on any atom is -0.346 e. The molecule has 1 spiro atoms. The van der Waals surface area contributed by atoms with Gasteiger partial charge in [0, 0.05) is 4.88 Å². The number of carbonyl (C=O) groups is 3. The van der Waals surface area contributed by atoms with Crippen molar-refractivity contribution in [2.24, 2.45) is 17.3 Å². The third kappa shape index (κ3) is 3.56. The van der Waals surface area contributed by atoms with Crippen molar-refractivity contribution in [2.45, 2.75) is 65.5 Å². The predicted octanol–water partition coefficient (Wildman–Crippen LogP) is 3.70. The maximum absolute atomic E-state index is 13.2. The van der Waals surface area contributed by atoms with Crippen molar-refractivity contribution in [3.8, 4) is 0 Å². The highest BCUT2D eigenvalue weighted by Crippen LogP contribution is 2.42. The third-order valence-corrected chi connectivity index (χ3v) is 7.22. The number of urea groups is 1. The first-order valence-corrected chi connectivity index (χ1v) is 10.9. The molecular formula is C21H31N3O3S. The van der Waals surface area contributed by atoms with Crippen molar-refractivity contribution in [2.75, 3.05) is 6.54 Å². The zero-order valence-electron chi connectivity index (χ0n) is 17.4. The van der Waals surface area contributed by atoms with Crippen LogP contribution < -0.4 is 10.6 Å². The van der Waals surface area contributed by atoms with Gasteiger partial charge in [-0.15, -0.1) is 11.3 Å². The van der Waals surface area contributed by atoms with E-state index in [0.717, 1.165) is 29.0 Å². The largest absolute Gasteiger partial charge is 0.346 e. The van der Waals surface area contributed by atoms with Crippen LogP contribution in [0.2, 0.25) is 0 Å². The monoisotopic (exact) mass is 405 g/mol. The molecule has 2 fully saturated rings. The van der Waals surface area contributed by atoms with Gasteiger partial charge in [-0.25, -0.2) is 4.79 Å². The number of nitrogens with one attached hydrogen (secondary N) is 2. The van der Waals surface area contributed by atoms with Gasteiger partial charge in [0.15, 0.2) is 0 Å². The van der Waals surface area contributed by atoms with Crippen LogP contribution in [0.1, 0.15) is 64.8 Å². The van der Waals surface area contributed by atoms with E-state index in [0.29, 0.717) is 0 Å². The van der Waals surface area contributed by atoms with Gasteiger partial charge in [0.1, 0.15) is 12.1 Å². The molecule has 154 valence electrons. The molecule has 3 atom stereocenters. The Bertz CT molecular complexity index is 743. The Hall–Kier alpha value is -1.89. The molecule has 3 unspecified atom stereocenters. The van der Waals surface area contributed by atoms with E-state index in [2.05, 4.69) is 31.4 Å². The molecule has 0 bridgehead atoms. The number of rotatable bonds is 4. The first-order valence-electron chi connectivity index (χ1n) is 10.0. The standard InChI is InChI=1S/C21H31N3O3S/c1-13-8-6-9-14(2)21(13)18(26)24(19(27)23-21)12-16(25)22-17(20(3,4)5)15-10-7-11-28-15/h7,10-11,13-14,17H,6,8-9,12H2,1-5H3,(H,22,25)(H,23,27). The summed E-state index contributed by atoms with van der Waals surface area (Å²) >= 11 is 1.59. The van der Waals surface area contributed by atoms with E-state index in [1.807, 2.05) is 31.4 Å². The molecule has 2 aliphatic rings. The fourth-order valence-corrected chi connectivity index (χ4v) is 5.64. The van der Waals surface area contributed by atoms with E-state index < -0.39 is 11.6 Å². The molecule has 6 nitrogen and oxygen atoms in total. The maximum Gasteiger partial charge on any atom is 0.325 e. The van der Waals surface area contributed by atoms with Crippen LogP contribution in [0.4, 0.5) is 4.79 Å². The Kier molecular flexibility index (Phi) is 5.58. The molecule has 2 N–H and O–H groups in total. The second-order valence-electron chi connectivity index (χ2n) is 9.31. The van der Waals surface area contributed by atoms with Crippen LogP contribution in [0.15, 0.2) is 17.5 Å². The molecule has 0 radical (unpaired) electrons. The third-order valence-electron chi connectivity index (χ3n) is 6.29. The van der Waals surface area contributed by atoms with Gasteiger partial charge in [-0.2, -0.15) is 0 Å². The fourth-order valence-electron chi connectivity index (χ4n) is 4.62. The Morgan fingerprint density at radius 1 is 1.32 bits per heavy atom.